The summed E-state index contributed by atoms with van der Waals surface area (Å²) in [5, 5.41) is 3.17. The van der Waals surface area contributed by atoms with E-state index in [0.29, 0.717) is 18.3 Å². The highest BCUT2D eigenvalue weighted by atomic mass is 16.2. The Morgan fingerprint density at radius 2 is 2.14 bits per heavy atom. The molecule has 0 atom stereocenters. The third-order valence-electron chi connectivity index (χ3n) is 4.48. The first-order valence-corrected chi connectivity index (χ1v) is 8.22. The third-order valence-corrected chi connectivity index (χ3v) is 4.48. The van der Waals surface area contributed by atoms with Crippen molar-refractivity contribution < 1.29 is 4.79 Å². The van der Waals surface area contributed by atoms with Crippen molar-refractivity contribution in [2.75, 3.05) is 5.73 Å². The minimum atomic E-state index is 0.0725. The lowest BCUT2D eigenvalue weighted by Gasteiger charge is -2.23. The van der Waals surface area contributed by atoms with Crippen LogP contribution in [0.1, 0.15) is 44.9 Å². The number of rotatable bonds is 4. The first kappa shape index (κ1) is 14.9. The normalized spacial score (nSPS) is 16.0. The van der Waals surface area contributed by atoms with Crippen LogP contribution in [0.5, 0.6) is 0 Å². The van der Waals surface area contributed by atoms with Crippen LogP contribution in [0.2, 0.25) is 0 Å². The Bertz CT molecular complexity index is 671. The molecule has 22 heavy (non-hydrogen) atoms. The number of nitrogens with two attached hydrogens (primary N) is 1. The van der Waals surface area contributed by atoms with E-state index in [2.05, 4.69) is 10.3 Å². The summed E-state index contributed by atoms with van der Waals surface area (Å²) in [6.45, 7) is 2.37. The second-order valence-corrected chi connectivity index (χ2v) is 6.09. The van der Waals surface area contributed by atoms with Crippen LogP contribution >= 0.6 is 0 Å². The number of carbonyl (C=O) groups is 1. The summed E-state index contributed by atoms with van der Waals surface area (Å²) < 4.78 is 1.99. The molecule has 0 unspecified atom stereocenters. The molecule has 5 heteroatoms. The van der Waals surface area contributed by atoms with E-state index in [-0.39, 0.29) is 5.91 Å². The molecule has 1 aliphatic rings. The van der Waals surface area contributed by atoms with Crippen molar-refractivity contribution in [1.29, 1.82) is 0 Å². The Balaban J connectivity index is 1.80. The van der Waals surface area contributed by atoms with Gasteiger partial charge in [0, 0.05) is 12.5 Å². The van der Waals surface area contributed by atoms with Crippen molar-refractivity contribution in [3.63, 3.8) is 0 Å². The standard InChI is InChI=1S/C17H24N4O/c1-2-15-20-17-13(18)9-6-10-14(17)21(15)11-16(22)19-12-7-4-3-5-8-12/h6,9-10,12H,2-5,7-8,11,18H2,1H3,(H,19,22). The van der Waals surface area contributed by atoms with E-state index >= 15 is 0 Å². The van der Waals surface area contributed by atoms with Crippen LogP contribution in [0.15, 0.2) is 18.2 Å². The van der Waals surface area contributed by atoms with E-state index in [0.717, 1.165) is 36.1 Å². The third kappa shape index (κ3) is 2.93. The largest absolute Gasteiger partial charge is 0.397 e. The highest BCUT2D eigenvalue weighted by Gasteiger charge is 2.18. The van der Waals surface area contributed by atoms with Gasteiger partial charge in [-0.25, -0.2) is 4.98 Å². The zero-order chi connectivity index (χ0) is 15.5. The van der Waals surface area contributed by atoms with Crippen molar-refractivity contribution in [2.45, 2.75) is 58.0 Å². The van der Waals surface area contributed by atoms with Gasteiger partial charge in [0.15, 0.2) is 0 Å². The fraction of sp³-hybridized carbons (Fsp3) is 0.529. The van der Waals surface area contributed by atoms with Gasteiger partial charge >= 0.3 is 0 Å². The Hall–Kier alpha value is -2.04. The van der Waals surface area contributed by atoms with Gasteiger partial charge in [0.1, 0.15) is 17.9 Å². The molecule has 1 aliphatic carbocycles. The summed E-state index contributed by atoms with van der Waals surface area (Å²) in [4.78, 5) is 17.0. The number of imidazole rings is 1. The molecule has 3 rings (SSSR count). The van der Waals surface area contributed by atoms with Gasteiger partial charge in [0.05, 0.1) is 11.2 Å². The summed E-state index contributed by atoms with van der Waals surface area (Å²) in [5.41, 5.74) is 8.40. The summed E-state index contributed by atoms with van der Waals surface area (Å²) in [5.74, 6) is 0.981. The van der Waals surface area contributed by atoms with Crippen molar-refractivity contribution in [2.24, 2.45) is 0 Å². The number of benzene rings is 1. The summed E-state index contributed by atoms with van der Waals surface area (Å²) >= 11 is 0. The average Bonchev–Trinajstić information content (AvgIpc) is 2.88. The van der Waals surface area contributed by atoms with Crippen LogP contribution in [-0.2, 0) is 17.8 Å². The first-order chi connectivity index (χ1) is 10.7. The SMILES string of the molecule is CCc1nc2c(N)cccc2n1CC(=O)NC1CCCCC1. The van der Waals surface area contributed by atoms with Crippen LogP contribution in [0.25, 0.3) is 11.0 Å². The smallest absolute Gasteiger partial charge is 0.240 e. The lowest BCUT2D eigenvalue weighted by atomic mass is 9.95. The van der Waals surface area contributed by atoms with Gasteiger partial charge in [-0.3, -0.25) is 4.79 Å². The van der Waals surface area contributed by atoms with E-state index in [1.807, 2.05) is 29.7 Å². The Morgan fingerprint density at radius 1 is 1.36 bits per heavy atom. The average molecular weight is 300 g/mol. The molecule has 1 amide bonds. The number of amides is 1. The van der Waals surface area contributed by atoms with Gasteiger partial charge in [-0.2, -0.15) is 0 Å². The molecule has 1 saturated carbocycles. The van der Waals surface area contributed by atoms with Gasteiger partial charge < -0.3 is 15.6 Å². The molecule has 0 radical (unpaired) electrons. The molecule has 1 aromatic heterocycles. The van der Waals surface area contributed by atoms with Crippen LogP contribution in [0, 0.1) is 0 Å². The van der Waals surface area contributed by atoms with E-state index in [9.17, 15) is 4.79 Å². The number of nitrogen functional groups attached to an aromatic ring is 1. The number of fused-ring (bicyclic) bond motifs is 1. The van der Waals surface area contributed by atoms with Crippen LogP contribution in [0.3, 0.4) is 0 Å². The number of hydrogen-bond donors (Lipinski definition) is 2. The second-order valence-electron chi connectivity index (χ2n) is 6.09. The molecule has 0 bridgehead atoms. The quantitative estimate of drug-likeness (QED) is 0.853. The van der Waals surface area contributed by atoms with Gasteiger partial charge in [-0.05, 0) is 25.0 Å². The molecule has 3 N–H and O–H groups in total. The molecule has 0 aliphatic heterocycles. The maximum atomic E-state index is 12.4. The van der Waals surface area contributed by atoms with Crippen molar-refractivity contribution >= 4 is 22.6 Å². The summed E-state index contributed by atoms with van der Waals surface area (Å²) in [7, 11) is 0. The molecule has 0 saturated heterocycles. The molecular formula is C17H24N4O. The van der Waals surface area contributed by atoms with E-state index in [4.69, 9.17) is 5.73 Å². The predicted molar refractivity (Wildman–Crippen MR) is 88.5 cm³/mol. The number of aromatic nitrogens is 2. The van der Waals surface area contributed by atoms with Crippen molar-refractivity contribution in [3.05, 3.63) is 24.0 Å². The van der Waals surface area contributed by atoms with Crippen molar-refractivity contribution in [3.8, 4) is 0 Å². The van der Waals surface area contributed by atoms with E-state index in [1.54, 1.807) is 0 Å². The fourth-order valence-corrected chi connectivity index (χ4v) is 3.33. The number of hydrogen-bond acceptors (Lipinski definition) is 3. The lowest BCUT2D eigenvalue weighted by Crippen LogP contribution is -2.38. The number of carbonyl (C=O) groups excluding carboxylic acids is 1. The van der Waals surface area contributed by atoms with Gasteiger partial charge in [-0.1, -0.05) is 32.3 Å². The van der Waals surface area contributed by atoms with Crippen LogP contribution in [-0.4, -0.2) is 21.5 Å². The highest BCUT2D eigenvalue weighted by molar-refractivity contribution is 5.89. The van der Waals surface area contributed by atoms with Crippen LogP contribution in [0.4, 0.5) is 5.69 Å². The van der Waals surface area contributed by atoms with Crippen LogP contribution < -0.4 is 11.1 Å². The second kappa shape index (κ2) is 6.38. The molecule has 2 aromatic rings. The Labute approximate surface area is 130 Å². The number of para-hydroxylation sites is 1. The Kier molecular flexibility index (Phi) is 4.32. The first-order valence-electron chi connectivity index (χ1n) is 8.22. The number of aryl methyl sites for hydroxylation is 1. The molecule has 1 heterocycles. The lowest BCUT2D eigenvalue weighted by molar-refractivity contribution is -0.122. The molecule has 5 nitrogen and oxygen atoms in total. The maximum absolute atomic E-state index is 12.4. The van der Waals surface area contributed by atoms with Gasteiger partial charge in [0.25, 0.3) is 0 Å². The topological polar surface area (TPSA) is 72.9 Å². The number of nitrogens with one attached hydrogen (secondary N) is 1. The van der Waals surface area contributed by atoms with Crippen molar-refractivity contribution in [1.82, 2.24) is 14.9 Å². The molecule has 1 fully saturated rings. The molecule has 0 spiro atoms. The summed E-state index contributed by atoms with van der Waals surface area (Å²) in [6.07, 6.45) is 6.71. The monoisotopic (exact) mass is 300 g/mol. The zero-order valence-electron chi connectivity index (χ0n) is 13.1. The van der Waals surface area contributed by atoms with E-state index < -0.39 is 0 Å². The summed E-state index contributed by atoms with van der Waals surface area (Å²) in [6, 6.07) is 6.08. The van der Waals surface area contributed by atoms with Gasteiger partial charge in [0.2, 0.25) is 5.91 Å². The highest BCUT2D eigenvalue weighted by Crippen LogP contribution is 2.22. The minimum Gasteiger partial charge on any atom is -0.397 e. The zero-order valence-corrected chi connectivity index (χ0v) is 13.1. The van der Waals surface area contributed by atoms with E-state index in [1.165, 1.54) is 19.3 Å². The maximum Gasteiger partial charge on any atom is 0.240 e. The molecule has 118 valence electrons. The van der Waals surface area contributed by atoms with Gasteiger partial charge in [-0.15, -0.1) is 0 Å². The number of anilines is 1. The molecular weight excluding hydrogens is 276 g/mol. The minimum absolute atomic E-state index is 0.0725. The number of nitrogens with zero attached hydrogens (tertiary/aromatic N) is 2. The molecule has 1 aromatic carbocycles. The predicted octanol–water partition coefficient (Wildman–Crippen LogP) is 2.63. The Morgan fingerprint density at radius 3 is 2.86 bits per heavy atom. The fourth-order valence-electron chi connectivity index (χ4n) is 3.33.